The third kappa shape index (κ3) is 2.78. The van der Waals surface area contributed by atoms with Crippen LogP contribution >= 0.6 is 0 Å². The van der Waals surface area contributed by atoms with Crippen LogP contribution < -0.4 is 10.6 Å². The minimum Gasteiger partial charge on any atom is -0.506 e. The third-order valence-corrected chi connectivity index (χ3v) is 3.68. The van der Waals surface area contributed by atoms with Crippen molar-refractivity contribution in [1.82, 2.24) is 0 Å². The van der Waals surface area contributed by atoms with Crippen LogP contribution in [0.3, 0.4) is 0 Å². The first-order valence-electron chi connectivity index (χ1n) is 6.97. The number of nitrogens with two attached hydrogens (primary N) is 1. The van der Waals surface area contributed by atoms with Gasteiger partial charge in [0, 0.05) is 5.56 Å². The fourth-order valence-corrected chi connectivity index (χ4v) is 2.44. The van der Waals surface area contributed by atoms with Crippen molar-refractivity contribution in [2.24, 2.45) is 0 Å². The van der Waals surface area contributed by atoms with Crippen LogP contribution in [0.5, 0.6) is 5.75 Å². The Hall–Kier alpha value is -2.80. The molecule has 0 unspecified atom stereocenters. The Morgan fingerprint density at radius 1 is 1.30 bits per heavy atom. The van der Waals surface area contributed by atoms with Gasteiger partial charge in [-0.05, 0) is 35.9 Å². The maximum absolute atomic E-state index is 14.4. The molecule has 1 heterocycles. The summed E-state index contributed by atoms with van der Waals surface area (Å²) in [4.78, 5) is 13.0. The van der Waals surface area contributed by atoms with E-state index in [0.29, 0.717) is 11.3 Å². The summed E-state index contributed by atoms with van der Waals surface area (Å²) >= 11 is 0. The lowest BCUT2D eigenvalue weighted by Crippen LogP contribution is -2.25. The smallest absolute Gasteiger partial charge is 0.414 e. The number of carbonyl (C=O) groups is 1. The number of anilines is 2. The van der Waals surface area contributed by atoms with Gasteiger partial charge in [-0.1, -0.05) is 6.07 Å². The molecule has 2 aromatic carbocycles. The zero-order valence-corrected chi connectivity index (χ0v) is 12.1. The number of ether oxygens (including phenoxy) is 1. The predicted octanol–water partition coefficient (Wildman–Crippen LogP) is 2.10. The topological polar surface area (TPSA) is 96.0 Å². The van der Waals surface area contributed by atoms with Crippen LogP contribution in [0.2, 0.25) is 0 Å². The van der Waals surface area contributed by atoms with Crippen LogP contribution in [0.25, 0.3) is 11.1 Å². The van der Waals surface area contributed by atoms with Gasteiger partial charge < -0.3 is 20.7 Å². The van der Waals surface area contributed by atoms with Crippen molar-refractivity contribution >= 4 is 17.5 Å². The normalized spacial score (nSPS) is 17.4. The summed E-state index contributed by atoms with van der Waals surface area (Å²) in [6.07, 6.45) is -1.24. The summed E-state index contributed by atoms with van der Waals surface area (Å²) in [6, 6.07) is 8.76. The Morgan fingerprint density at radius 3 is 2.70 bits per heavy atom. The fourth-order valence-electron chi connectivity index (χ4n) is 2.44. The first-order chi connectivity index (χ1) is 11.0. The fraction of sp³-hybridized carbons (Fsp3) is 0.188. The molecule has 0 radical (unpaired) electrons. The maximum atomic E-state index is 14.4. The zero-order valence-electron chi connectivity index (χ0n) is 12.1. The second-order valence-electron chi connectivity index (χ2n) is 5.24. The number of nitrogens with zero attached hydrogens (tertiary/aromatic N) is 1. The van der Waals surface area contributed by atoms with Gasteiger partial charge in [-0.15, -0.1) is 0 Å². The lowest BCUT2D eigenvalue weighted by Gasteiger charge is -2.14. The maximum Gasteiger partial charge on any atom is 0.414 e. The summed E-state index contributed by atoms with van der Waals surface area (Å²) in [7, 11) is 0. The number of rotatable bonds is 3. The summed E-state index contributed by atoms with van der Waals surface area (Å²) < 4.78 is 19.3. The molecule has 0 spiro atoms. The van der Waals surface area contributed by atoms with E-state index in [-0.39, 0.29) is 30.2 Å². The average molecular weight is 318 g/mol. The lowest BCUT2D eigenvalue weighted by molar-refractivity contribution is 0.0963. The molecule has 1 amide bonds. The van der Waals surface area contributed by atoms with Gasteiger partial charge in [-0.2, -0.15) is 0 Å². The number of benzene rings is 2. The molecule has 0 saturated carbocycles. The van der Waals surface area contributed by atoms with Crippen molar-refractivity contribution in [3.8, 4) is 16.9 Å². The Morgan fingerprint density at radius 2 is 2.09 bits per heavy atom. The molecule has 1 atom stereocenters. The number of aliphatic hydroxyl groups is 1. The number of nitrogen functional groups attached to an aromatic ring is 1. The molecule has 2 aromatic rings. The number of halogens is 1. The van der Waals surface area contributed by atoms with E-state index in [1.165, 1.54) is 29.2 Å². The first kappa shape index (κ1) is 15.1. The summed E-state index contributed by atoms with van der Waals surface area (Å²) in [5.74, 6) is -0.674. The number of cyclic esters (lactones) is 1. The van der Waals surface area contributed by atoms with E-state index >= 15 is 0 Å². The molecular formula is C16H15FN2O4. The lowest BCUT2D eigenvalue weighted by atomic mass is 10.0. The average Bonchev–Trinajstić information content (AvgIpc) is 2.91. The highest BCUT2D eigenvalue weighted by atomic mass is 19.1. The largest absolute Gasteiger partial charge is 0.506 e. The van der Waals surface area contributed by atoms with Crippen LogP contribution in [0.15, 0.2) is 36.4 Å². The minimum atomic E-state index is -0.624. The van der Waals surface area contributed by atoms with Crippen LogP contribution in [-0.2, 0) is 4.74 Å². The third-order valence-electron chi connectivity index (χ3n) is 3.68. The Balaban J connectivity index is 1.92. The van der Waals surface area contributed by atoms with E-state index in [9.17, 15) is 14.3 Å². The van der Waals surface area contributed by atoms with Crippen molar-refractivity contribution in [3.63, 3.8) is 0 Å². The van der Waals surface area contributed by atoms with E-state index in [2.05, 4.69) is 0 Å². The number of phenolic OH excluding ortho intramolecular Hbond substituents is 1. The van der Waals surface area contributed by atoms with Gasteiger partial charge in [-0.25, -0.2) is 9.18 Å². The molecule has 0 aliphatic carbocycles. The highest BCUT2D eigenvalue weighted by Gasteiger charge is 2.32. The number of aliphatic hydroxyl groups excluding tert-OH is 1. The first-order valence-corrected chi connectivity index (χ1v) is 6.97. The molecule has 7 heteroatoms. The van der Waals surface area contributed by atoms with Gasteiger partial charge in [0.2, 0.25) is 0 Å². The second-order valence-corrected chi connectivity index (χ2v) is 5.24. The van der Waals surface area contributed by atoms with Crippen LogP contribution in [-0.4, -0.2) is 35.6 Å². The van der Waals surface area contributed by atoms with Crippen LogP contribution in [0.1, 0.15) is 0 Å². The summed E-state index contributed by atoms with van der Waals surface area (Å²) in [5.41, 5.74) is 6.82. The van der Waals surface area contributed by atoms with E-state index in [1.807, 2.05) is 0 Å². The number of carbonyl (C=O) groups excluding carboxylic acids is 1. The van der Waals surface area contributed by atoms with Gasteiger partial charge in [-0.3, -0.25) is 4.90 Å². The van der Waals surface area contributed by atoms with Crippen molar-refractivity contribution in [1.29, 1.82) is 0 Å². The van der Waals surface area contributed by atoms with Gasteiger partial charge in [0.25, 0.3) is 0 Å². The van der Waals surface area contributed by atoms with E-state index in [4.69, 9.17) is 15.6 Å². The van der Waals surface area contributed by atoms with Crippen LogP contribution in [0, 0.1) is 5.82 Å². The highest BCUT2D eigenvalue weighted by molar-refractivity contribution is 5.90. The number of phenols is 1. The molecule has 4 N–H and O–H groups in total. The minimum absolute atomic E-state index is 0.125. The van der Waals surface area contributed by atoms with Crippen molar-refractivity contribution in [3.05, 3.63) is 42.2 Å². The van der Waals surface area contributed by atoms with Gasteiger partial charge in [0.1, 0.15) is 17.7 Å². The second kappa shape index (κ2) is 5.77. The molecule has 3 rings (SSSR count). The van der Waals surface area contributed by atoms with Crippen LogP contribution in [0.4, 0.5) is 20.6 Å². The molecule has 6 nitrogen and oxygen atoms in total. The van der Waals surface area contributed by atoms with E-state index < -0.39 is 18.0 Å². The van der Waals surface area contributed by atoms with Crippen molar-refractivity contribution in [2.75, 3.05) is 23.8 Å². The summed E-state index contributed by atoms with van der Waals surface area (Å²) in [5, 5.41) is 18.7. The molecule has 1 fully saturated rings. The number of aromatic hydroxyl groups is 1. The molecule has 23 heavy (non-hydrogen) atoms. The Kier molecular flexibility index (Phi) is 3.79. The molecule has 1 aliphatic rings. The quantitative estimate of drug-likeness (QED) is 0.595. The molecule has 0 bridgehead atoms. The Bertz CT molecular complexity index is 766. The Labute approximate surface area is 131 Å². The predicted molar refractivity (Wildman–Crippen MR) is 82.6 cm³/mol. The summed E-state index contributed by atoms with van der Waals surface area (Å²) in [6.45, 7) is -0.121. The SMILES string of the molecule is Nc1ccc(-c2ccc(N3C[C@H](CO)OC3=O)cc2F)cc1O. The molecule has 1 saturated heterocycles. The van der Waals surface area contributed by atoms with Gasteiger partial charge in [0.15, 0.2) is 0 Å². The standard InChI is InChI=1S/C16H15FN2O4/c17-13-6-10(19-7-11(8-20)23-16(19)22)2-3-12(13)9-1-4-14(18)15(21)5-9/h1-6,11,20-21H,7-8,18H2/t11-/m1/s1. The zero-order chi connectivity index (χ0) is 16.6. The molecular weight excluding hydrogens is 303 g/mol. The van der Waals surface area contributed by atoms with Crippen molar-refractivity contribution in [2.45, 2.75) is 6.10 Å². The van der Waals surface area contributed by atoms with E-state index in [0.717, 1.165) is 0 Å². The van der Waals surface area contributed by atoms with Gasteiger partial charge >= 0.3 is 6.09 Å². The highest BCUT2D eigenvalue weighted by Crippen LogP contribution is 2.32. The number of amides is 1. The number of hydrogen-bond donors (Lipinski definition) is 3. The monoisotopic (exact) mass is 318 g/mol. The molecule has 120 valence electrons. The van der Waals surface area contributed by atoms with Crippen molar-refractivity contribution < 1.29 is 24.1 Å². The van der Waals surface area contributed by atoms with E-state index in [1.54, 1.807) is 12.1 Å². The number of hydrogen-bond acceptors (Lipinski definition) is 5. The molecule has 0 aromatic heterocycles. The van der Waals surface area contributed by atoms with Gasteiger partial charge in [0.05, 0.1) is 24.5 Å². The molecule has 1 aliphatic heterocycles.